The Balaban J connectivity index is 2.16. The molecule has 0 amide bonds. The van der Waals surface area contributed by atoms with Crippen LogP contribution in [-0.2, 0) is 4.74 Å². The normalized spacial score (nSPS) is 18.8. The third kappa shape index (κ3) is 2.77. The van der Waals surface area contributed by atoms with Crippen molar-refractivity contribution in [3.05, 3.63) is 15.4 Å². The second-order valence-electron chi connectivity index (χ2n) is 3.85. The molecule has 1 aromatic heterocycles. The molecule has 98 valence electrons. The van der Waals surface area contributed by atoms with E-state index in [1.807, 2.05) is 0 Å². The highest BCUT2D eigenvalue weighted by molar-refractivity contribution is 6.28. The summed E-state index contributed by atoms with van der Waals surface area (Å²) in [7, 11) is 0. The number of nitrogens with one attached hydrogen (secondary N) is 1. The average Bonchev–Trinajstić information content (AvgIpc) is 2.77. The maximum atomic E-state index is 10.9. The molecule has 0 saturated carbocycles. The Morgan fingerprint density at radius 3 is 3.00 bits per heavy atom. The lowest BCUT2D eigenvalue weighted by molar-refractivity contribution is -0.383. The summed E-state index contributed by atoms with van der Waals surface area (Å²) in [5.41, 5.74) is 5.09. The topological polar surface area (TPSA) is 116 Å². The predicted octanol–water partition coefficient (Wildman–Crippen LogP) is 1.21. The van der Waals surface area contributed by atoms with Crippen LogP contribution < -0.4 is 11.1 Å². The van der Waals surface area contributed by atoms with Crippen molar-refractivity contribution >= 4 is 28.9 Å². The molecule has 0 bridgehead atoms. The number of nitrogens with zero attached hydrogens (tertiary/aromatic N) is 3. The van der Waals surface area contributed by atoms with Crippen LogP contribution in [0.25, 0.3) is 0 Å². The Hall–Kier alpha value is -1.67. The summed E-state index contributed by atoms with van der Waals surface area (Å²) in [6.45, 7) is 1.13. The monoisotopic (exact) mass is 273 g/mol. The van der Waals surface area contributed by atoms with E-state index in [1.54, 1.807) is 0 Å². The van der Waals surface area contributed by atoms with Gasteiger partial charge in [0.05, 0.1) is 11.0 Å². The standard InChI is InChI=1S/C9H12ClN5O3/c10-9-13-7(11)6(15(16)17)8(14-9)12-4-5-2-1-3-18-5/h5H,1-4H2,(H3,11,12,13,14)/t5-/m1/s1. The van der Waals surface area contributed by atoms with E-state index >= 15 is 0 Å². The second kappa shape index (κ2) is 5.32. The van der Waals surface area contributed by atoms with Gasteiger partial charge in [0.2, 0.25) is 16.9 Å². The lowest BCUT2D eigenvalue weighted by atomic mass is 10.2. The molecule has 1 saturated heterocycles. The Morgan fingerprint density at radius 1 is 1.61 bits per heavy atom. The first-order valence-electron chi connectivity index (χ1n) is 5.41. The molecule has 1 aromatic rings. The van der Waals surface area contributed by atoms with Gasteiger partial charge in [0.15, 0.2) is 0 Å². The molecule has 9 heteroatoms. The first-order valence-corrected chi connectivity index (χ1v) is 5.78. The van der Waals surface area contributed by atoms with Gasteiger partial charge < -0.3 is 15.8 Å². The summed E-state index contributed by atoms with van der Waals surface area (Å²) in [4.78, 5) is 17.6. The highest BCUT2D eigenvalue weighted by Crippen LogP contribution is 2.29. The molecular weight excluding hydrogens is 262 g/mol. The smallest absolute Gasteiger partial charge is 0.353 e. The van der Waals surface area contributed by atoms with Gasteiger partial charge in [0, 0.05) is 13.2 Å². The molecule has 1 atom stereocenters. The van der Waals surface area contributed by atoms with Gasteiger partial charge in [-0.05, 0) is 24.4 Å². The van der Waals surface area contributed by atoms with E-state index in [1.165, 1.54) is 0 Å². The van der Waals surface area contributed by atoms with Crippen molar-refractivity contribution in [2.24, 2.45) is 0 Å². The van der Waals surface area contributed by atoms with E-state index in [-0.39, 0.29) is 28.7 Å². The number of nitro groups is 1. The van der Waals surface area contributed by atoms with Crippen molar-refractivity contribution in [2.45, 2.75) is 18.9 Å². The number of nitrogen functional groups attached to an aromatic ring is 1. The number of rotatable bonds is 4. The van der Waals surface area contributed by atoms with Gasteiger partial charge in [0.25, 0.3) is 0 Å². The van der Waals surface area contributed by atoms with Crippen molar-refractivity contribution in [2.75, 3.05) is 24.2 Å². The van der Waals surface area contributed by atoms with E-state index in [0.717, 1.165) is 12.8 Å². The third-order valence-corrected chi connectivity index (χ3v) is 2.76. The van der Waals surface area contributed by atoms with Crippen LogP contribution in [0.4, 0.5) is 17.3 Å². The van der Waals surface area contributed by atoms with E-state index in [4.69, 9.17) is 22.1 Å². The highest BCUT2D eigenvalue weighted by atomic mass is 35.5. The van der Waals surface area contributed by atoms with Crippen LogP contribution in [0.2, 0.25) is 5.28 Å². The molecule has 18 heavy (non-hydrogen) atoms. The number of ether oxygens (including phenoxy) is 1. The number of aromatic nitrogens is 2. The maximum Gasteiger partial charge on any atom is 0.353 e. The summed E-state index contributed by atoms with van der Waals surface area (Å²) >= 11 is 5.63. The molecule has 0 radical (unpaired) electrons. The van der Waals surface area contributed by atoms with Crippen molar-refractivity contribution in [1.82, 2.24) is 9.97 Å². The van der Waals surface area contributed by atoms with Gasteiger partial charge in [-0.15, -0.1) is 0 Å². The summed E-state index contributed by atoms with van der Waals surface area (Å²) in [5.74, 6) is -0.233. The molecule has 0 unspecified atom stereocenters. The fourth-order valence-electron chi connectivity index (χ4n) is 1.76. The first kappa shape index (κ1) is 12.8. The number of hydrogen-bond acceptors (Lipinski definition) is 7. The lowest BCUT2D eigenvalue weighted by Crippen LogP contribution is -2.20. The average molecular weight is 274 g/mol. The maximum absolute atomic E-state index is 10.9. The summed E-state index contributed by atoms with van der Waals surface area (Å²) in [5, 5.41) is 13.6. The summed E-state index contributed by atoms with van der Waals surface area (Å²) in [6, 6.07) is 0. The largest absolute Gasteiger partial charge is 0.378 e. The van der Waals surface area contributed by atoms with E-state index in [0.29, 0.717) is 13.2 Å². The van der Waals surface area contributed by atoms with Crippen LogP contribution in [0, 0.1) is 10.1 Å². The molecule has 0 aliphatic carbocycles. The summed E-state index contributed by atoms with van der Waals surface area (Å²) < 4.78 is 5.40. The number of nitrogens with two attached hydrogens (primary N) is 1. The zero-order valence-corrected chi connectivity index (χ0v) is 10.2. The molecule has 8 nitrogen and oxygen atoms in total. The van der Waals surface area contributed by atoms with Crippen LogP contribution in [-0.4, -0.2) is 34.1 Å². The quantitative estimate of drug-likeness (QED) is 0.481. The first-order chi connectivity index (χ1) is 8.58. The van der Waals surface area contributed by atoms with Crippen molar-refractivity contribution in [1.29, 1.82) is 0 Å². The number of anilines is 2. The van der Waals surface area contributed by atoms with Crippen LogP contribution in [0.5, 0.6) is 0 Å². The van der Waals surface area contributed by atoms with Gasteiger partial charge >= 0.3 is 5.69 Å². The van der Waals surface area contributed by atoms with Crippen LogP contribution >= 0.6 is 11.6 Å². The molecule has 1 aliphatic rings. The molecule has 1 fully saturated rings. The van der Waals surface area contributed by atoms with Crippen molar-refractivity contribution in [3.63, 3.8) is 0 Å². The van der Waals surface area contributed by atoms with Crippen LogP contribution in [0.1, 0.15) is 12.8 Å². The van der Waals surface area contributed by atoms with E-state index in [9.17, 15) is 10.1 Å². The van der Waals surface area contributed by atoms with Crippen molar-refractivity contribution in [3.8, 4) is 0 Å². The predicted molar refractivity (Wildman–Crippen MR) is 65.6 cm³/mol. The molecule has 2 heterocycles. The minimum atomic E-state index is -0.635. The Morgan fingerprint density at radius 2 is 2.39 bits per heavy atom. The fourth-order valence-corrected chi connectivity index (χ4v) is 1.94. The molecule has 0 spiro atoms. The van der Waals surface area contributed by atoms with Crippen molar-refractivity contribution < 1.29 is 9.66 Å². The molecule has 1 aliphatic heterocycles. The van der Waals surface area contributed by atoms with Gasteiger partial charge in [-0.2, -0.15) is 9.97 Å². The number of halogens is 1. The van der Waals surface area contributed by atoms with Gasteiger partial charge in [0.1, 0.15) is 0 Å². The van der Waals surface area contributed by atoms with E-state index in [2.05, 4.69) is 15.3 Å². The third-order valence-electron chi connectivity index (χ3n) is 2.59. The molecule has 0 aromatic carbocycles. The van der Waals surface area contributed by atoms with Gasteiger partial charge in [-0.1, -0.05) is 0 Å². The lowest BCUT2D eigenvalue weighted by Gasteiger charge is -2.11. The van der Waals surface area contributed by atoms with Crippen LogP contribution in [0.15, 0.2) is 0 Å². The van der Waals surface area contributed by atoms with Crippen LogP contribution in [0.3, 0.4) is 0 Å². The highest BCUT2D eigenvalue weighted by Gasteiger charge is 2.24. The Kier molecular flexibility index (Phi) is 3.78. The SMILES string of the molecule is Nc1nc(Cl)nc(NC[C@H]2CCCO2)c1[N+](=O)[O-]. The Bertz CT molecular complexity index is 464. The Labute approximate surface area is 108 Å². The van der Waals surface area contributed by atoms with Gasteiger partial charge in [-0.25, -0.2) is 0 Å². The molecular formula is C9H12ClN5O3. The second-order valence-corrected chi connectivity index (χ2v) is 4.19. The van der Waals surface area contributed by atoms with Gasteiger partial charge in [-0.3, -0.25) is 10.1 Å². The minimum absolute atomic E-state index is 0.0213. The fraction of sp³-hybridized carbons (Fsp3) is 0.556. The van der Waals surface area contributed by atoms with E-state index < -0.39 is 4.92 Å². The molecule has 3 N–H and O–H groups in total. The zero-order chi connectivity index (χ0) is 13.1. The minimum Gasteiger partial charge on any atom is -0.378 e. The molecule has 2 rings (SSSR count). The zero-order valence-electron chi connectivity index (χ0n) is 9.43. The summed E-state index contributed by atoms with van der Waals surface area (Å²) in [6.07, 6.45) is 1.93. The number of hydrogen-bond donors (Lipinski definition) is 2.